The molecule has 1 heterocycles. The molecular weight excluding hydrogens is 456 g/mol. The third-order valence-electron chi connectivity index (χ3n) is 6.09. The van der Waals surface area contributed by atoms with Crippen LogP contribution in [0.2, 0.25) is 0 Å². The van der Waals surface area contributed by atoms with Crippen LogP contribution in [0.5, 0.6) is 5.75 Å². The number of nitrogens with zero attached hydrogens (tertiary/aromatic N) is 1. The van der Waals surface area contributed by atoms with Gasteiger partial charge >= 0.3 is 0 Å². The van der Waals surface area contributed by atoms with Crippen molar-refractivity contribution in [2.45, 2.75) is 50.1 Å². The minimum atomic E-state index is -3.60. The van der Waals surface area contributed by atoms with Gasteiger partial charge in [0.05, 0.1) is 12.0 Å². The van der Waals surface area contributed by atoms with Gasteiger partial charge in [-0.1, -0.05) is 6.07 Å². The summed E-state index contributed by atoms with van der Waals surface area (Å²) in [7, 11) is -2.07. The molecule has 0 aliphatic heterocycles. The van der Waals surface area contributed by atoms with Crippen LogP contribution in [-0.4, -0.2) is 44.9 Å². The number of nitrogens with one attached hydrogen (secondary N) is 3. The second-order valence-electron chi connectivity index (χ2n) is 8.55. The van der Waals surface area contributed by atoms with E-state index in [1.165, 1.54) is 19.2 Å². The Morgan fingerprint density at radius 3 is 2.44 bits per heavy atom. The highest BCUT2D eigenvalue weighted by atomic mass is 32.2. The fourth-order valence-electron chi connectivity index (χ4n) is 3.94. The van der Waals surface area contributed by atoms with E-state index in [4.69, 9.17) is 4.74 Å². The van der Waals surface area contributed by atoms with E-state index in [0.29, 0.717) is 31.7 Å². The van der Waals surface area contributed by atoms with Gasteiger partial charge in [0, 0.05) is 31.4 Å². The van der Waals surface area contributed by atoms with Crippen molar-refractivity contribution in [1.29, 1.82) is 0 Å². The lowest BCUT2D eigenvalue weighted by molar-refractivity contribution is -0.131. The van der Waals surface area contributed by atoms with Crippen LogP contribution >= 0.6 is 0 Å². The molecule has 3 N–H and O–H groups in total. The van der Waals surface area contributed by atoms with Crippen LogP contribution in [0.25, 0.3) is 0 Å². The average molecular weight is 489 g/mol. The molecular formula is C24H32N4O5S. The third kappa shape index (κ3) is 7.26. The summed E-state index contributed by atoms with van der Waals surface area (Å²) in [4.78, 5) is 29.1. The monoisotopic (exact) mass is 488 g/mol. The number of methoxy groups -OCH3 is 1. The van der Waals surface area contributed by atoms with Gasteiger partial charge < -0.3 is 15.4 Å². The molecule has 3 rings (SSSR count). The van der Waals surface area contributed by atoms with Gasteiger partial charge in [-0.25, -0.2) is 13.1 Å². The normalized spacial score (nSPS) is 19.1. The van der Waals surface area contributed by atoms with Gasteiger partial charge in [-0.15, -0.1) is 0 Å². The zero-order valence-corrected chi connectivity index (χ0v) is 20.3. The first-order valence-electron chi connectivity index (χ1n) is 11.4. The molecule has 0 spiro atoms. The number of carbonyl (C=O) groups excluding carboxylic acids is 2. The lowest BCUT2D eigenvalue weighted by Gasteiger charge is -2.28. The van der Waals surface area contributed by atoms with Gasteiger partial charge in [0.25, 0.3) is 0 Å². The van der Waals surface area contributed by atoms with E-state index >= 15 is 0 Å². The zero-order valence-electron chi connectivity index (χ0n) is 19.5. The molecule has 1 fully saturated rings. The second kappa shape index (κ2) is 11.9. The Bertz CT molecular complexity index is 1050. The smallest absolute Gasteiger partial charge is 0.242 e. The molecule has 9 nitrogen and oxygen atoms in total. The summed E-state index contributed by atoms with van der Waals surface area (Å²) in [6, 6.07) is 9.27. The number of hydrogen-bond acceptors (Lipinski definition) is 6. The number of carbonyl (C=O) groups is 2. The Morgan fingerprint density at radius 2 is 1.82 bits per heavy atom. The van der Waals surface area contributed by atoms with Crippen molar-refractivity contribution < 1.29 is 22.7 Å². The lowest BCUT2D eigenvalue weighted by atomic mass is 9.81. The number of pyridine rings is 1. The standard InChI is InChI=1S/C24H32N4O5S/c1-17(23(29)26-15-19-4-3-13-25-14-19)28-24(30)20-7-5-18(6-8-20)16-27-34(31,32)22-11-9-21(33-2)10-12-22/h3-4,9-14,17-18,20,27H,5-8,15-16H2,1-2H3,(H,26,29)(H,28,30)/t17-,18?,20?/m1/s1. The highest BCUT2D eigenvalue weighted by Crippen LogP contribution is 2.29. The molecule has 1 atom stereocenters. The van der Waals surface area contributed by atoms with E-state index in [9.17, 15) is 18.0 Å². The van der Waals surface area contributed by atoms with Crippen LogP contribution in [0.4, 0.5) is 0 Å². The van der Waals surface area contributed by atoms with Crippen LogP contribution in [-0.2, 0) is 26.2 Å². The van der Waals surface area contributed by atoms with E-state index in [0.717, 1.165) is 18.4 Å². The SMILES string of the molecule is COc1ccc(S(=O)(=O)NCC2CCC(C(=O)N[C@H](C)C(=O)NCc3cccnc3)CC2)cc1. The highest BCUT2D eigenvalue weighted by molar-refractivity contribution is 7.89. The Balaban J connectivity index is 1.39. The molecule has 184 valence electrons. The van der Waals surface area contributed by atoms with E-state index in [2.05, 4.69) is 20.3 Å². The molecule has 1 saturated carbocycles. The van der Waals surface area contributed by atoms with Crippen molar-refractivity contribution in [3.05, 3.63) is 54.4 Å². The molecule has 1 aromatic carbocycles. The summed E-state index contributed by atoms with van der Waals surface area (Å²) in [5.41, 5.74) is 0.885. The van der Waals surface area contributed by atoms with Gasteiger partial charge in [-0.05, 0) is 74.4 Å². The number of aromatic nitrogens is 1. The number of hydrogen-bond donors (Lipinski definition) is 3. The van der Waals surface area contributed by atoms with E-state index in [1.54, 1.807) is 37.5 Å². The first kappa shape index (κ1) is 25.6. The van der Waals surface area contributed by atoms with Gasteiger partial charge in [0.1, 0.15) is 11.8 Å². The number of sulfonamides is 1. The largest absolute Gasteiger partial charge is 0.497 e. The maximum atomic E-state index is 12.6. The fraction of sp³-hybridized carbons (Fsp3) is 0.458. The van der Waals surface area contributed by atoms with Crippen molar-refractivity contribution in [2.24, 2.45) is 11.8 Å². The molecule has 0 radical (unpaired) electrons. The molecule has 0 saturated heterocycles. The quantitative estimate of drug-likeness (QED) is 0.470. The topological polar surface area (TPSA) is 126 Å². The van der Waals surface area contributed by atoms with Gasteiger partial charge in [-0.2, -0.15) is 0 Å². The average Bonchev–Trinajstić information content (AvgIpc) is 2.87. The minimum absolute atomic E-state index is 0.138. The van der Waals surface area contributed by atoms with Crippen LogP contribution in [0.15, 0.2) is 53.7 Å². The van der Waals surface area contributed by atoms with E-state index < -0.39 is 16.1 Å². The summed E-state index contributed by atoms with van der Waals surface area (Å²) in [6.07, 6.45) is 6.14. The highest BCUT2D eigenvalue weighted by Gasteiger charge is 2.29. The predicted molar refractivity (Wildman–Crippen MR) is 127 cm³/mol. The second-order valence-corrected chi connectivity index (χ2v) is 10.3. The molecule has 1 aliphatic carbocycles. The first-order chi connectivity index (χ1) is 16.3. The van der Waals surface area contributed by atoms with E-state index in [-0.39, 0.29) is 28.5 Å². The van der Waals surface area contributed by atoms with Crippen molar-refractivity contribution in [1.82, 2.24) is 20.3 Å². The molecule has 1 aliphatic rings. The van der Waals surface area contributed by atoms with Crippen LogP contribution in [0.3, 0.4) is 0 Å². The summed E-state index contributed by atoms with van der Waals surface area (Å²) < 4.78 is 32.8. The Hall–Kier alpha value is -2.98. The van der Waals surface area contributed by atoms with Crippen LogP contribution < -0.4 is 20.1 Å². The summed E-state index contributed by atoms with van der Waals surface area (Å²) in [6.45, 7) is 2.34. The maximum absolute atomic E-state index is 12.6. The molecule has 34 heavy (non-hydrogen) atoms. The summed E-state index contributed by atoms with van der Waals surface area (Å²) >= 11 is 0. The minimum Gasteiger partial charge on any atom is -0.497 e. The lowest BCUT2D eigenvalue weighted by Crippen LogP contribution is -2.47. The molecule has 0 bridgehead atoms. The third-order valence-corrected chi connectivity index (χ3v) is 7.53. The maximum Gasteiger partial charge on any atom is 0.242 e. The Kier molecular flexibility index (Phi) is 9.00. The Labute approximate surface area is 200 Å². The Morgan fingerprint density at radius 1 is 1.12 bits per heavy atom. The molecule has 2 amide bonds. The molecule has 10 heteroatoms. The van der Waals surface area contributed by atoms with E-state index in [1.807, 2.05) is 6.07 Å². The molecule has 0 unspecified atom stereocenters. The van der Waals surface area contributed by atoms with Crippen molar-refractivity contribution >= 4 is 21.8 Å². The fourth-order valence-corrected chi connectivity index (χ4v) is 5.05. The molecule has 2 aromatic rings. The van der Waals surface area contributed by atoms with Crippen molar-refractivity contribution in [3.63, 3.8) is 0 Å². The summed E-state index contributed by atoms with van der Waals surface area (Å²) in [5.74, 6) is 0.191. The number of rotatable bonds is 10. The predicted octanol–water partition coefficient (Wildman–Crippen LogP) is 2.00. The number of amides is 2. The number of ether oxygens (including phenoxy) is 1. The van der Waals surface area contributed by atoms with Gasteiger partial charge in [-0.3, -0.25) is 14.6 Å². The van der Waals surface area contributed by atoms with Crippen molar-refractivity contribution in [3.8, 4) is 5.75 Å². The van der Waals surface area contributed by atoms with Gasteiger partial charge in [0.2, 0.25) is 21.8 Å². The zero-order chi connectivity index (χ0) is 24.6. The molecule has 1 aromatic heterocycles. The van der Waals surface area contributed by atoms with Crippen LogP contribution in [0, 0.1) is 11.8 Å². The first-order valence-corrected chi connectivity index (χ1v) is 12.9. The van der Waals surface area contributed by atoms with Crippen molar-refractivity contribution in [2.75, 3.05) is 13.7 Å². The van der Waals surface area contributed by atoms with Gasteiger partial charge in [0.15, 0.2) is 0 Å². The summed E-state index contributed by atoms with van der Waals surface area (Å²) in [5, 5.41) is 5.60. The van der Waals surface area contributed by atoms with Crippen LogP contribution in [0.1, 0.15) is 38.2 Å². The number of benzene rings is 1.